The summed E-state index contributed by atoms with van der Waals surface area (Å²) >= 11 is 0. The zero-order chi connectivity index (χ0) is 19.6. The first-order valence-corrected chi connectivity index (χ1v) is 8.78. The van der Waals surface area contributed by atoms with Crippen LogP contribution in [0.5, 0.6) is 0 Å². The number of rotatable bonds is 6. The average molecular weight is 366 g/mol. The van der Waals surface area contributed by atoms with Crippen LogP contribution in [0.2, 0.25) is 0 Å². The van der Waals surface area contributed by atoms with E-state index in [1.54, 1.807) is 6.07 Å². The molecule has 0 aliphatic heterocycles. The molecule has 2 atom stereocenters. The van der Waals surface area contributed by atoms with Crippen LogP contribution in [0.1, 0.15) is 41.5 Å². The highest BCUT2D eigenvalue weighted by Gasteiger charge is 2.19. The van der Waals surface area contributed by atoms with Crippen LogP contribution >= 0.6 is 0 Å². The van der Waals surface area contributed by atoms with Gasteiger partial charge in [-0.3, -0.25) is 0 Å². The summed E-state index contributed by atoms with van der Waals surface area (Å²) in [5.41, 5.74) is 2.35. The minimum Gasteiger partial charge on any atom is -0.477 e. The number of hydrogen-bond donors (Lipinski definition) is 3. The summed E-state index contributed by atoms with van der Waals surface area (Å²) in [6.45, 7) is 4.20. The van der Waals surface area contributed by atoms with Gasteiger partial charge in [-0.2, -0.15) is 0 Å². The number of carboxylic acids is 1. The first kappa shape index (κ1) is 18.7. The number of carboxylic acid groups (broad SMARTS) is 2. The largest absolute Gasteiger partial charge is 0.477 e. The van der Waals surface area contributed by atoms with E-state index in [0.29, 0.717) is 10.9 Å². The van der Waals surface area contributed by atoms with Crippen molar-refractivity contribution in [2.45, 2.75) is 32.4 Å². The second kappa shape index (κ2) is 7.63. The highest BCUT2D eigenvalue weighted by molar-refractivity contribution is 6.00. The van der Waals surface area contributed by atoms with E-state index in [2.05, 4.69) is 31.3 Å². The topological polar surface area (TPSA) is 91.6 Å². The average Bonchev–Trinajstić information content (AvgIpc) is 3.01. The van der Waals surface area contributed by atoms with Crippen molar-refractivity contribution in [2.75, 3.05) is 0 Å². The van der Waals surface area contributed by atoms with Gasteiger partial charge in [-0.1, -0.05) is 36.4 Å². The number of nitrogens with one attached hydrogen (secondary N) is 1. The highest BCUT2D eigenvalue weighted by Crippen LogP contribution is 2.23. The molecule has 2 aromatic carbocycles. The smallest absolute Gasteiger partial charge is 0.416 e. The van der Waals surface area contributed by atoms with Gasteiger partial charge in [0, 0.05) is 17.5 Å². The molecule has 3 N–H and O–H groups in total. The maximum Gasteiger partial charge on any atom is 0.416 e. The van der Waals surface area contributed by atoms with Crippen molar-refractivity contribution >= 4 is 23.0 Å². The van der Waals surface area contributed by atoms with Crippen LogP contribution in [-0.2, 0) is 6.42 Å². The quantitative estimate of drug-likeness (QED) is 0.610. The lowest BCUT2D eigenvalue weighted by Crippen LogP contribution is -2.30. The van der Waals surface area contributed by atoms with Gasteiger partial charge >= 0.3 is 12.1 Å². The molecule has 0 unspecified atom stereocenters. The molecule has 0 bridgehead atoms. The Morgan fingerprint density at radius 3 is 2.37 bits per heavy atom. The van der Waals surface area contributed by atoms with Crippen LogP contribution in [-0.4, -0.2) is 32.9 Å². The van der Waals surface area contributed by atoms with Gasteiger partial charge in [-0.25, -0.2) is 14.2 Å². The van der Waals surface area contributed by atoms with Gasteiger partial charge < -0.3 is 15.5 Å². The number of fused-ring (bicyclic) bond motifs is 1. The summed E-state index contributed by atoms with van der Waals surface area (Å²) in [4.78, 5) is 22.7. The number of carbonyl (C=O) groups is 2. The molecule has 0 saturated carbocycles. The van der Waals surface area contributed by atoms with E-state index in [1.165, 1.54) is 11.6 Å². The fourth-order valence-corrected chi connectivity index (χ4v) is 3.43. The van der Waals surface area contributed by atoms with E-state index >= 15 is 0 Å². The van der Waals surface area contributed by atoms with Gasteiger partial charge in [0.05, 0.1) is 5.52 Å². The summed E-state index contributed by atoms with van der Waals surface area (Å²) < 4.78 is 0.806. The Kier molecular flexibility index (Phi) is 5.28. The van der Waals surface area contributed by atoms with Crippen molar-refractivity contribution in [1.82, 2.24) is 9.88 Å². The predicted molar refractivity (Wildman–Crippen MR) is 103 cm³/mol. The zero-order valence-electron chi connectivity index (χ0n) is 15.2. The monoisotopic (exact) mass is 366 g/mol. The Hall–Kier alpha value is -3.12. The molecule has 3 aromatic rings. The molecular formula is C21H22N2O4. The molecule has 0 radical (unpaired) electrons. The highest BCUT2D eigenvalue weighted by atomic mass is 16.4. The number of aromatic carboxylic acids is 1. The van der Waals surface area contributed by atoms with Crippen molar-refractivity contribution < 1.29 is 19.8 Å². The van der Waals surface area contributed by atoms with E-state index in [4.69, 9.17) is 0 Å². The second-order valence-electron chi connectivity index (χ2n) is 6.75. The minimum absolute atomic E-state index is 0.193. The van der Waals surface area contributed by atoms with E-state index in [-0.39, 0.29) is 17.8 Å². The fourth-order valence-electron chi connectivity index (χ4n) is 3.43. The van der Waals surface area contributed by atoms with Gasteiger partial charge in [0.25, 0.3) is 0 Å². The van der Waals surface area contributed by atoms with E-state index in [9.17, 15) is 19.8 Å². The van der Waals surface area contributed by atoms with Gasteiger partial charge in [-0.05, 0) is 49.6 Å². The third kappa shape index (κ3) is 4.01. The molecular weight excluding hydrogens is 344 g/mol. The van der Waals surface area contributed by atoms with E-state index < -0.39 is 12.1 Å². The summed E-state index contributed by atoms with van der Waals surface area (Å²) in [6, 6.07) is 17.3. The lowest BCUT2D eigenvalue weighted by Gasteiger charge is -2.20. The maximum absolute atomic E-state index is 11.4. The summed E-state index contributed by atoms with van der Waals surface area (Å²) in [5.74, 6) is -1.26. The predicted octanol–water partition coefficient (Wildman–Crippen LogP) is 4.15. The Labute approximate surface area is 157 Å². The maximum atomic E-state index is 11.4. The lowest BCUT2D eigenvalue weighted by molar-refractivity contribution is 0.0684. The van der Waals surface area contributed by atoms with Crippen LogP contribution in [0.4, 0.5) is 4.79 Å². The molecule has 0 aliphatic rings. The van der Waals surface area contributed by atoms with Crippen LogP contribution in [0.25, 0.3) is 10.9 Å². The van der Waals surface area contributed by atoms with Gasteiger partial charge in [0.15, 0.2) is 0 Å². The van der Waals surface area contributed by atoms with Crippen molar-refractivity contribution in [3.05, 3.63) is 71.4 Å². The molecule has 6 heteroatoms. The Morgan fingerprint density at radius 1 is 1.04 bits per heavy atom. The second-order valence-corrected chi connectivity index (χ2v) is 6.75. The van der Waals surface area contributed by atoms with Crippen molar-refractivity contribution in [3.63, 3.8) is 0 Å². The van der Waals surface area contributed by atoms with E-state index in [1.807, 2.05) is 30.3 Å². The fraction of sp³-hybridized carbons (Fsp3) is 0.238. The number of nitrogens with zero attached hydrogens (tertiary/aromatic N) is 1. The third-order valence-electron chi connectivity index (χ3n) is 4.65. The van der Waals surface area contributed by atoms with Gasteiger partial charge in [-0.15, -0.1) is 0 Å². The van der Waals surface area contributed by atoms with Gasteiger partial charge in [0.1, 0.15) is 5.69 Å². The lowest BCUT2D eigenvalue weighted by atomic mass is 10.0. The first-order valence-electron chi connectivity index (χ1n) is 8.78. The van der Waals surface area contributed by atoms with E-state index in [0.717, 1.165) is 16.6 Å². The van der Waals surface area contributed by atoms with Crippen molar-refractivity contribution in [3.8, 4) is 0 Å². The minimum atomic E-state index is -1.30. The molecule has 0 fully saturated rings. The Morgan fingerprint density at radius 2 is 1.74 bits per heavy atom. The molecule has 1 heterocycles. The van der Waals surface area contributed by atoms with Crippen molar-refractivity contribution in [1.29, 1.82) is 0 Å². The number of aromatic nitrogens is 1. The molecule has 140 valence electrons. The Bertz CT molecular complexity index is 979. The summed E-state index contributed by atoms with van der Waals surface area (Å²) in [7, 11) is 0. The zero-order valence-corrected chi connectivity index (χ0v) is 15.2. The third-order valence-corrected chi connectivity index (χ3v) is 4.65. The number of benzene rings is 2. The molecule has 0 aliphatic carbocycles. The molecule has 0 saturated heterocycles. The van der Waals surface area contributed by atoms with Gasteiger partial charge in [0.2, 0.25) is 0 Å². The van der Waals surface area contributed by atoms with Crippen LogP contribution in [0, 0.1) is 0 Å². The SMILES string of the molecule is C[C@H](Cc1ccc2c(c1)cc(C(=O)O)n2C(=O)O)N[C@H](C)c1ccccc1. The summed E-state index contributed by atoms with van der Waals surface area (Å²) in [6.07, 6.45) is -0.560. The van der Waals surface area contributed by atoms with Crippen LogP contribution in [0.15, 0.2) is 54.6 Å². The molecule has 27 heavy (non-hydrogen) atoms. The number of hydrogen-bond acceptors (Lipinski definition) is 3. The van der Waals surface area contributed by atoms with Crippen molar-refractivity contribution in [2.24, 2.45) is 0 Å². The molecule has 0 spiro atoms. The molecule has 3 rings (SSSR count). The summed E-state index contributed by atoms with van der Waals surface area (Å²) in [5, 5.41) is 22.7. The van der Waals surface area contributed by atoms with Crippen LogP contribution in [0.3, 0.4) is 0 Å². The first-order chi connectivity index (χ1) is 12.9. The standard InChI is InChI=1S/C21H22N2O4/c1-13(22-14(2)16-6-4-3-5-7-16)10-15-8-9-18-17(11-15)12-19(20(24)25)23(18)21(26)27/h3-9,11-14,22H,10H2,1-2H3,(H,24,25)(H,26,27)/t13-,14-/m1/s1. The Balaban J connectivity index is 1.79. The molecule has 0 amide bonds. The van der Waals surface area contributed by atoms with Crippen LogP contribution < -0.4 is 5.32 Å². The normalized spacial score (nSPS) is 13.4. The molecule has 1 aromatic heterocycles. The molecule has 6 nitrogen and oxygen atoms in total.